The fourth-order valence-corrected chi connectivity index (χ4v) is 6.74. The Labute approximate surface area is 297 Å². The molecule has 0 amide bonds. The van der Waals surface area contributed by atoms with Crippen LogP contribution in [0.1, 0.15) is 22.9 Å². The fraction of sp³-hybridized carbons (Fsp3) is 0.0217. The van der Waals surface area contributed by atoms with Gasteiger partial charge in [0.25, 0.3) is 0 Å². The second kappa shape index (κ2) is 13.2. The van der Waals surface area contributed by atoms with Gasteiger partial charge in [-0.25, -0.2) is 15.0 Å². The molecule has 1 aromatic heterocycles. The van der Waals surface area contributed by atoms with Crippen molar-refractivity contribution in [3.05, 3.63) is 205 Å². The molecule has 0 spiro atoms. The van der Waals surface area contributed by atoms with Gasteiger partial charge >= 0.3 is 0 Å². The fourth-order valence-electron chi connectivity index (χ4n) is 6.74. The lowest BCUT2D eigenvalue weighted by Gasteiger charge is -2.23. The van der Waals surface area contributed by atoms with Crippen LogP contribution < -0.4 is 5.32 Å². The summed E-state index contributed by atoms with van der Waals surface area (Å²) in [6, 6.07) is 65.1. The molecule has 0 fully saturated rings. The van der Waals surface area contributed by atoms with E-state index in [2.05, 4.69) is 155 Å². The molecule has 51 heavy (non-hydrogen) atoms. The van der Waals surface area contributed by atoms with Crippen LogP contribution in [0.5, 0.6) is 0 Å². The van der Waals surface area contributed by atoms with Gasteiger partial charge in [0.05, 0.1) is 11.4 Å². The van der Waals surface area contributed by atoms with E-state index in [0.717, 1.165) is 62.1 Å². The number of hydrogen-bond acceptors (Lipinski definition) is 4. The second-order valence-electron chi connectivity index (χ2n) is 12.5. The maximum Gasteiger partial charge on any atom is 0.159 e. The van der Waals surface area contributed by atoms with Gasteiger partial charge in [0.1, 0.15) is 17.8 Å². The molecule has 242 valence electrons. The Hall–Kier alpha value is -6.85. The Morgan fingerprint density at radius 2 is 1.04 bits per heavy atom. The third-order valence-electron chi connectivity index (χ3n) is 9.27. The minimum Gasteiger partial charge on any atom is -0.344 e. The standard InChI is InChI=1S/C46H33N5/c1-5-16-33(17-6-1)41-42(34-18-7-2-8-19-34)51(46(47-41)39-26-25-32-15-13-14-24-38(32)31-39)40-29-27-37(28-30-40)45-49-43(35-20-9-3-10-21-35)48-44(50-45)36-22-11-4-12-23-36/h1-31,43H,(H,48,49,50). The van der Waals surface area contributed by atoms with Gasteiger partial charge in [0, 0.05) is 33.5 Å². The first-order valence-corrected chi connectivity index (χ1v) is 17.2. The normalized spacial score (nSPS) is 14.1. The number of nitrogens with one attached hydrogen (secondary N) is 1. The monoisotopic (exact) mass is 655 g/mol. The summed E-state index contributed by atoms with van der Waals surface area (Å²) in [6.07, 6.45) is -0.264. The molecule has 9 rings (SSSR count). The van der Waals surface area contributed by atoms with Gasteiger partial charge < -0.3 is 5.32 Å². The van der Waals surface area contributed by atoms with E-state index in [4.69, 9.17) is 15.0 Å². The number of imidazole rings is 1. The van der Waals surface area contributed by atoms with Crippen molar-refractivity contribution in [2.45, 2.75) is 6.17 Å². The average molecular weight is 656 g/mol. The third kappa shape index (κ3) is 5.91. The highest BCUT2D eigenvalue weighted by molar-refractivity contribution is 6.13. The largest absolute Gasteiger partial charge is 0.344 e. The van der Waals surface area contributed by atoms with Crippen LogP contribution in [0.25, 0.3) is 50.4 Å². The van der Waals surface area contributed by atoms with E-state index < -0.39 is 0 Å². The number of fused-ring (bicyclic) bond motifs is 1. The molecule has 8 aromatic rings. The number of nitrogens with zero attached hydrogens (tertiary/aromatic N) is 4. The Morgan fingerprint density at radius 1 is 0.471 bits per heavy atom. The SMILES string of the molecule is c1ccc(C2=NC(c3ccc(-n4c(-c5ccc6ccccc6c5)nc(-c5ccccc5)c4-c4ccccc4)cc3)=NC(c3ccccc3)N2)cc1. The lowest BCUT2D eigenvalue weighted by Crippen LogP contribution is -2.33. The van der Waals surface area contributed by atoms with Crippen LogP contribution in [-0.2, 0) is 0 Å². The summed E-state index contributed by atoms with van der Waals surface area (Å²) in [5.74, 6) is 2.35. The van der Waals surface area contributed by atoms with Crippen LogP contribution in [0.15, 0.2) is 198 Å². The van der Waals surface area contributed by atoms with Crippen molar-refractivity contribution in [1.29, 1.82) is 0 Å². The lowest BCUT2D eigenvalue weighted by molar-refractivity contribution is 0.674. The van der Waals surface area contributed by atoms with Gasteiger partial charge in [-0.3, -0.25) is 4.57 Å². The molecule has 0 saturated carbocycles. The molecule has 5 nitrogen and oxygen atoms in total. The first kappa shape index (κ1) is 30.2. The van der Waals surface area contributed by atoms with E-state index in [9.17, 15) is 0 Å². The summed E-state index contributed by atoms with van der Waals surface area (Å²) in [6.45, 7) is 0. The highest BCUT2D eigenvalue weighted by Gasteiger charge is 2.24. The van der Waals surface area contributed by atoms with Crippen LogP contribution >= 0.6 is 0 Å². The summed E-state index contributed by atoms with van der Waals surface area (Å²) in [5, 5.41) is 5.92. The highest BCUT2D eigenvalue weighted by Crippen LogP contribution is 2.39. The van der Waals surface area contributed by atoms with Crippen LogP contribution in [0, 0.1) is 0 Å². The molecule has 0 saturated heterocycles. The molecule has 0 bridgehead atoms. The quantitative estimate of drug-likeness (QED) is 0.186. The molecule has 1 aliphatic rings. The van der Waals surface area contributed by atoms with Gasteiger partial charge in [-0.15, -0.1) is 0 Å². The highest BCUT2D eigenvalue weighted by atomic mass is 15.2. The van der Waals surface area contributed by atoms with Gasteiger partial charge in [0.2, 0.25) is 0 Å². The molecule has 1 atom stereocenters. The smallest absolute Gasteiger partial charge is 0.159 e. The van der Waals surface area contributed by atoms with Crippen molar-refractivity contribution in [2.75, 3.05) is 0 Å². The van der Waals surface area contributed by atoms with Crippen molar-refractivity contribution in [3.63, 3.8) is 0 Å². The zero-order chi connectivity index (χ0) is 34.0. The number of rotatable bonds is 7. The van der Waals surface area contributed by atoms with Crippen molar-refractivity contribution in [1.82, 2.24) is 14.9 Å². The second-order valence-corrected chi connectivity index (χ2v) is 12.5. The van der Waals surface area contributed by atoms with E-state index in [1.54, 1.807) is 0 Å². The Kier molecular flexibility index (Phi) is 7.84. The maximum absolute atomic E-state index is 5.42. The Morgan fingerprint density at radius 3 is 1.73 bits per heavy atom. The predicted octanol–water partition coefficient (Wildman–Crippen LogP) is 10.5. The van der Waals surface area contributed by atoms with Crippen LogP contribution in [0.2, 0.25) is 0 Å². The van der Waals surface area contributed by atoms with Gasteiger partial charge in [0.15, 0.2) is 5.84 Å². The van der Waals surface area contributed by atoms with Crippen molar-refractivity contribution >= 4 is 22.4 Å². The molecule has 2 heterocycles. The molecule has 7 aromatic carbocycles. The third-order valence-corrected chi connectivity index (χ3v) is 9.27. The van der Waals surface area contributed by atoms with Crippen molar-refractivity contribution < 1.29 is 0 Å². The molecular formula is C46H33N5. The average Bonchev–Trinajstić information content (AvgIpc) is 3.63. The zero-order valence-electron chi connectivity index (χ0n) is 27.8. The molecule has 1 unspecified atom stereocenters. The number of aliphatic imine (C=N–C) groups is 2. The summed E-state index contributed by atoms with van der Waals surface area (Å²) in [7, 11) is 0. The number of hydrogen-bond donors (Lipinski definition) is 1. The summed E-state index contributed by atoms with van der Waals surface area (Å²) < 4.78 is 2.29. The van der Waals surface area contributed by atoms with E-state index in [1.165, 1.54) is 10.8 Å². The molecule has 0 aliphatic carbocycles. The van der Waals surface area contributed by atoms with E-state index in [1.807, 2.05) is 42.5 Å². The van der Waals surface area contributed by atoms with Crippen LogP contribution in [0.3, 0.4) is 0 Å². The first-order valence-electron chi connectivity index (χ1n) is 17.2. The zero-order valence-corrected chi connectivity index (χ0v) is 27.8. The minimum absolute atomic E-state index is 0.264. The van der Waals surface area contributed by atoms with Crippen LogP contribution in [-0.4, -0.2) is 21.2 Å². The van der Waals surface area contributed by atoms with E-state index in [0.29, 0.717) is 5.84 Å². The molecule has 1 N–H and O–H groups in total. The van der Waals surface area contributed by atoms with E-state index >= 15 is 0 Å². The lowest BCUT2D eigenvalue weighted by atomic mass is 10.0. The van der Waals surface area contributed by atoms with Crippen molar-refractivity contribution in [2.24, 2.45) is 9.98 Å². The topological polar surface area (TPSA) is 54.6 Å². The summed E-state index contributed by atoms with van der Waals surface area (Å²) >= 11 is 0. The van der Waals surface area contributed by atoms with Gasteiger partial charge in [-0.2, -0.15) is 0 Å². The number of amidine groups is 2. The van der Waals surface area contributed by atoms with Crippen molar-refractivity contribution in [3.8, 4) is 39.6 Å². The summed E-state index contributed by atoms with van der Waals surface area (Å²) in [4.78, 5) is 15.6. The Balaban J connectivity index is 1.22. The molecular weight excluding hydrogens is 623 g/mol. The minimum atomic E-state index is -0.264. The maximum atomic E-state index is 5.42. The molecule has 1 aliphatic heterocycles. The Bertz CT molecular complexity index is 2520. The first-order chi connectivity index (χ1) is 25.3. The van der Waals surface area contributed by atoms with Crippen LogP contribution in [0.4, 0.5) is 0 Å². The number of aromatic nitrogens is 2. The van der Waals surface area contributed by atoms with Gasteiger partial charge in [-0.1, -0.05) is 158 Å². The summed E-state index contributed by atoms with van der Waals surface area (Å²) in [5.41, 5.74) is 9.19. The van der Waals surface area contributed by atoms with E-state index in [-0.39, 0.29) is 6.17 Å². The molecule has 5 heteroatoms. The predicted molar refractivity (Wildman–Crippen MR) is 209 cm³/mol. The molecule has 0 radical (unpaired) electrons. The van der Waals surface area contributed by atoms with Gasteiger partial charge in [-0.05, 0) is 46.7 Å². The number of benzene rings is 7.